The molecule has 1 atom stereocenters. The highest BCUT2D eigenvalue weighted by Crippen LogP contribution is 2.18. The zero-order chi connectivity index (χ0) is 14.1. The number of likely N-dealkylation sites (tertiary alicyclic amines) is 1. The van der Waals surface area contributed by atoms with Crippen molar-refractivity contribution >= 4 is 21.8 Å². The maximum atomic E-state index is 11.7. The second kappa shape index (κ2) is 9.76. The van der Waals surface area contributed by atoms with Gasteiger partial charge in [-0.25, -0.2) is 0 Å². The quantitative estimate of drug-likeness (QED) is 0.573. The van der Waals surface area contributed by atoms with Crippen LogP contribution in [0.25, 0.3) is 0 Å². The van der Waals surface area contributed by atoms with Gasteiger partial charge in [-0.15, -0.1) is 0 Å². The normalized spacial score (nSPS) is 19.7. The minimum Gasteiger partial charge on any atom is -0.341 e. The predicted octanol–water partition coefficient (Wildman–Crippen LogP) is 3.27. The van der Waals surface area contributed by atoms with Gasteiger partial charge in [0.25, 0.3) is 0 Å². The van der Waals surface area contributed by atoms with E-state index in [4.69, 9.17) is 0 Å². The molecule has 0 bridgehead atoms. The van der Waals surface area contributed by atoms with Gasteiger partial charge < -0.3 is 9.80 Å². The highest BCUT2D eigenvalue weighted by atomic mass is 79.9. The maximum Gasteiger partial charge on any atom is 0.223 e. The Morgan fingerprint density at radius 3 is 2.21 bits per heavy atom. The van der Waals surface area contributed by atoms with Crippen LogP contribution < -0.4 is 0 Å². The van der Waals surface area contributed by atoms with E-state index < -0.39 is 0 Å². The summed E-state index contributed by atoms with van der Waals surface area (Å²) < 4.78 is 0. The third-order valence-corrected chi connectivity index (χ3v) is 4.34. The van der Waals surface area contributed by atoms with Gasteiger partial charge in [0.15, 0.2) is 0 Å². The Morgan fingerprint density at radius 2 is 1.74 bits per heavy atom. The van der Waals surface area contributed by atoms with Crippen LogP contribution in [0.2, 0.25) is 0 Å². The predicted molar refractivity (Wildman–Crippen MR) is 84.8 cm³/mol. The van der Waals surface area contributed by atoms with Crippen molar-refractivity contribution < 1.29 is 4.79 Å². The number of carbonyl (C=O) groups excluding carboxylic acids is 1. The maximum absolute atomic E-state index is 11.7. The Balaban J connectivity index is 2.21. The largest absolute Gasteiger partial charge is 0.341 e. The van der Waals surface area contributed by atoms with E-state index in [1.807, 2.05) is 4.90 Å². The lowest BCUT2D eigenvalue weighted by atomic mass is 10.2. The number of rotatable bonds is 10. The smallest absolute Gasteiger partial charge is 0.223 e. The third kappa shape index (κ3) is 6.75. The molecule has 0 aromatic rings. The molecule has 1 heterocycles. The summed E-state index contributed by atoms with van der Waals surface area (Å²) in [5.74, 6) is 0.315. The first kappa shape index (κ1) is 17.0. The van der Waals surface area contributed by atoms with Gasteiger partial charge >= 0.3 is 0 Å². The number of unbranched alkanes of at least 4 members (excludes halogenated alkanes) is 2. The molecule has 0 radical (unpaired) electrons. The molecule has 1 fully saturated rings. The van der Waals surface area contributed by atoms with Crippen molar-refractivity contribution in [3.63, 3.8) is 0 Å². The average molecular weight is 333 g/mol. The molecule has 1 aliphatic heterocycles. The van der Waals surface area contributed by atoms with Gasteiger partial charge in [0.1, 0.15) is 0 Å². The van der Waals surface area contributed by atoms with Crippen LogP contribution in [-0.4, -0.2) is 53.3 Å². The van der Waals surface area contributed by atoms with Gasteiger partial charge in [-0.1, -0.05) is 42.6 Å². The summed E-state index contributed by atoms with van der Waals surface area (Å²) in [7, 11) is 0. The van der Waals surface area contributed by atoms with Crippen LogP contribution >= 0.6 is 15.9 Å². The van der Waals surface area contributed by atoms with Crippen LogP contribution in [0.1, 0.15) is 52.4 Å². The van der Waals surface area contributed by atoms with E-state index >= 15 is 0 Å². The Morgan fingerprint density at radius 1 is 1.16 bits per heavy atom. The fraction of sp³-hybridized carbons (Fsp3) is 0.933. The molecule has 3 nitrogen and oxygen atoms in total. The summed E-state index contributed by atoms with van der Waals surface area (Å²) in [6, 6.07) is 0. The van der Waals surface area contributed by atoms with Crippen molar-refractivity contribution in [2.45, 2.75) is 57.2 Å². The second-order valence-electron chi connectivity index (χ2n) is 5.54. The summed E-state index contributed by atoms with van der Waals surface area (Å²) in [6.07, 6.45) is 6.89. The van der Waals surface area contributed by atoms with Gasteiger partial charge in [0.2, 0.25) is 5.91 Å². The van der Waals surface area contributed by atoms with E-state index in [0.29, 0.717) is 17.2 Å². The molecule has 0 aliphatic carbocycles. The summed E-state index contributed by atoms with van der Waals surface area (Å²) >= 11 is 3.54. The SMILES string of the molecule is CCCCN(CCCC)CCCN1CC(Br)CC1=O. The number of halogens is 1. The number of hydrogen-bond acceptors (Lipinski definition) is 2. The van der Waals surface area contributed by atoms with Gasteiger partial charge in [0, 0.05) is 24.3 Å². The van der Waals surface area contributed by atoms with Crippen LogP contribution in [0.4, 0.5) is 0 Å². The third-order valence-electron chi connectivity index (χ3n) is 3.73. The molecule has 0 saturated carbocycles. The monoisotopic (exact) mass is 332 g/mol. The van der Waals surface area contributed by atoms with E-state index in [1.165, 1.54) is 38.8 Å². The minimum atomic E-state index is 0.315. The summed E-state index contributed by atoms with van der Waals surface area (Å²) in [6.45, 7) is 9.88. The number of alkyl halides is 1. The fourth-order valence-corrected chi connectivity index (χ4v) is 3.15. The van der Waals surface area contributed by atoms with E-state index in [9.17, 15) is 4.79 Å². The van der Waals surface area contributed by atoms with Crippen molar-refractivity contribution in [2.75, 3.05) is 32.7 Å². The highest BCUT2D eigenvalue weighted by Gasteiger charge is 2.26. The topological polar surface area (TPSA) is 23.6 Å². The van der Waals surface area contributed by atoms with E-state index in [2.05, 4.69) is 34.7 Å². The van der Waals surface area contributed by atoms with Crippen molar-refractivity contribution in [3.05, 3.63) is 0 Å². The molecule has 0 aromatic carbocycles. The summed E-state index contributed by atoms with van der Waals surface area (Å²) in [4.78, 5) is 16.6. The van der Waals surface area contributed by atoms with Crippen LogP contribution in [0.5, 0.6) is 0 Å². The summed E-state index contributed by atoms with van der Waals surface area (Å²) in [5, 5.41) is 0. The number of nitrogens with zero attached hydrogens (tertiary/aromatic N) is 2. The fourth-order valence-electron chi connectivity index (χ4n) is 2.52. The minimum absolute atomic E-state index is 0.315. The number of hydrogen-bond donors (Lipinski definition) is 0. The molecule has 1 aliphatic rings. The molecule has 0 spiro atoms. The standard InChI is InChI=1S/C15H29BrN2O/c1-3-5-8-17(9-6-4-2)10-7-11-18-13-14(16)12-15(18)19/h14H,3-13H2,1-2H3. The molecule has 0 aromatic heterocycles. The first-order chi connectivity index (χ1) is 9.17. The molecule has 1 rings (SSSR count). The van der Waals surface area contributed by atoms with Crippen molar-refractivity contribution in [1.29, 1.82) is 0 Å². The van der Waals surface area contributed by atoms with Crippen LogP contribution in [-0.2, 0) is 4.79 Å². The van der Waals surface area contributed by atoms with Gasteiger partial charge in [-0.2, -0.15) is 0 Å². The lowest BCUT2D eigenvalue weighted by Crippen LogP contribution is -2.32. The molecule has 0 N–H and O–H groups in total. The Bertz CT molecular complexity index is 253. The Hall–Kier alpha value is -0.0900. The van der Waals surface area contributed by atoms with Crippen molar-refractivity contribution in [1.82, 2.24) is 9.80 Å². The van der Waals surface area contributed by atoms with Crippen molar-refractivity contribution in [2.24, 2.45) is 0 Å². The molecule has 4 heteroatoms. The first-order valence-corrected chi connectivity index (χ1v) is 8.73. The first-order valence-electron chi connectivity index (χ1n) is 7.81. The molecule has 19 heavy (non-hydrogen) atoms. The van der Waals surface area contributed by atoms with Gasteiger partial charge in [0.05, 0.1) is 0 Å². The van der Waals surface area contributed by atoms with Crippen molar-refractivity contribution in [3.8, 4) is 0 Å². The molecule has 1 saturated heterocycles. The van der Waals surface area contributed by atoms with Gasteiger partial charge in [-0.05, 0) is 38.9 Å². The molecule has 1 unspecified atom stereocenters. The zero-order valence-electron chi connectivity index (χ0n) is 12.5. The van der Waals surface area contributed by atoms with Crippen LogP contribution in [0.3, 0.4) is 0 Å². The molecular weight excluding hydrogens is 304 g/mol. The molecule has 1 amide bonds. The lowest BCUT2D eigenvalue weighted by molar-refractivity contribution is -0.127. The summed E-state index contributed by atoms with van der Waals surface area (Å²) in [5.41, 5.74) is 0. The molecular formula is C15H29BrN2O. The lowest BCUT2D eigenvalue weighted by Gasteiger charge is -2.23. The molecule has 112 valence electrons. The van der Waals surface area contributed by atoms with E-state index in [1.54, 1.807) is 0 Å². The van der Waals surface area contributed by atoms with Gasteiger partial charge in [-0.3, -0.25) is 4.79 Å². The van der Waals surface area contributed by atoms with E-state index in [-0.39, 0.29) is 0 Å². The van der Waals surface area contributed by atoms with Crippen LogP contribution in [0, 0.1) is 0 Å². The van der Waals surface area contributed by atoms with E-state index in [0.717, 1.165) is 26.1 Å². The second-order valence-corrected chi connectivity index (χ2v) is 6.84. The number of carbonyl (C=O) groups is 1. The average Bonchev–Trinajstić information content (AvgIpc) is 2.70. The highest BCUT2D eigenvalue weighted by molar-refractivity contribution is 9.09. The zero-order valence-corrected chi connectivity index (χ0v) is 14.1. The Kier molecular flexibility index (Phi) is 8.71. The Labute approximate surface area is 126 Å². The van der Waals surface area contributed by atoms with Crippen LogP contribution in [0.15, 0.2) is 0 Å². The number of amides is 1.